The van der Waals surface area contributed by atoms with E-state index in [1.807, 2.05) is 0 Å². The highest BCUT2D eigenvalue weighted by molar-refractivity contribution is 14.2. The first-order valence-corrected chi connectivity index (χ1v) is 7.50. The minimum absolute atomic E-state index is 0.118. The summed E-state index contributed by atoms with van der Waals surface area (Å²) in [6, 6.07) is 8.36. The van der Waals surface area contributed by atoms with Crippen LogP contribution in [0.15, 0.2) is 31.0 Å². The second-order valence-corrected chi connectivity index (χ2v) is 7.22. The van der Waals surface area contributed by atoms with Gasteiger partial charge in [0.15, 0.2) is 0 Å². The van der Waals surface area contributed by atoms with Crippen LogP contribution in [0.1, 0.15) is 18.9 Å². The van der Waals surface area contributed by atoms with Crippen LogP contribution in [0.4, 0.5) is 5.69 Å². The maximum atomic E-state index is 4.65. The molecule has 1 aliphatic heterocycles. The number of fused-ring (bicyclic) bond motifs is 1. The van der Waals surface area contributed by atoms with Crippen molar-refractivity contribution in [3.63, 3.8) is 0 Å². The van der Waals surface area contributed by atoms with Gasteiger partial charge >= 0.3 is 0 Å². The zero-order chi connectivity index (χ0) is 9.97. The summed E-state index contributed by atoms with van der Waals surface area (Å²) >= 11 is 3.47. The van der Waals surface area contributed by atoms with Gasteiger partial charge in [-0.25, -0.2) is 3.15 Å². The van der Waals surface area contributed by atoms with Gasteiger partial charge in [0.05, 0.1) is 5.69 Å². The molecule has 0 fully saturated rings. The van der Waals surface area contributed by atoms with E-state index >= 15 is 0 Å². The lowest BCUT2D eigenvalue weighted by molar-refractivity contribution is 0.999. The maximum absolute atomic E-state index is 4.65. The normalized spacial score (nSPS) is 16.6. The summed E-state index contributed by atoms with van der Waals surface area (Å²) in [5, 5.41) is 0. The lowest BCUT2D eigenvalue weighted by Crippen LogP contribution is -1.90. The van der Waals surface area contributed by atoms with Gasteiger partial charge in [-0.15, -0.1) is 0 Å². The van der Waals surface area contributed by atoms with Gasteiger partial charge in [-0.05, 0) is 18.6 Å². The van der Waals surface area contributed by atoms with Crippen molar-refractivity contribution in [1.29, 1.82) is 0 Å². The Bertz CT molecular complexity index is 396. The van der Waals surface area contributed by atoms with Crippen molar-refractivity contribution in [3.8, 4) is 0 Å². The molecule has 1 aromatic carbocycles. The number of hydrogen-bond acceptors (Lipinski definition) is 1. The van der Waals surface area contributed by atoms with Gasteiger partial charge in [0.25, 0.3) is 0 Å². The van der Waals surface area contributed by atoms with Gasteiger partial charge in [-0.1, -0.05) is 41.1 Å². The third-order valence-electron chi connectivity index (χ3n) is 1.97. The average Bonchev–Trinajstić information content (AvgIpc) is 2.17. The predicted octanol–water partition coefficient (Wildman–Crippen LogP) is 5.00. The Morgan fingerprint density at radius 3 is 3.00 bits per heavy atom. The molecule has 0 saturated heterocycles. The Morgan fingerprint density at radius 2 is 2.21 bits per heavy atom. The van der Waals surface area contributed by atoms with Crippen LogP contribution in [0.2, 0.25) is 0 Å². The summed E-state index contributed by atoms with van der Waals surface area (Å²) in [5.41, 5.74) is 2.45. The molecule has 0 radical (unpaired) electrons. The maximum Gasteiger partial charge on any atom is 0.0763 e. The molecule has 0 N–H and O–H groups in total. The standard InChI is InChI=1S/C11H11BrIN/c1-8(12)6-10-7-9-4-2-3-5-11(9)14-13-10/h2-5,7-8H,6H2,1H3. The number of benzene rings is 1. The van der Waals surface area contributed by atoms with Crippen molar-refractivity contribution < 1.29 is 0 Å². The third kappa shape index (κ3) is 2.51. The van der Waals surface area contributed by atoms with Gasteiger partial charge < -0.3 is 0 Å². The molecule has 0 saturated carbocycles. The average molecular weight is 364 g/mol. The first-order chi connectivity index (χ1) is 6.75. The smallest absolute Gasteiger partial charge is 0.0763 e. The summed E-state index contributed by atoms with van der Waals surface area (Å²) in [6.07, 6.45) is 3.44. The zero-order valence-corrected chi connectivity index (χ0v) is 11.6. The summed E-state index contributed by atoms with van der Waals surface area (Å²) in [6.45, 7) is 2.19. The number of nitrogens with zero attached hydrogens (tertiary/aromatic N) is 1. The van der Waals surface area contributed by atoms with Crippen molar-refractivity contribution in [2.45, 2.75) is 18.2 Å². The van der Waals surface area contributed by atoms with Gasteiger partial charge in [-0.3, -0.25) is 0 Å². The van der Waals surface area contributed by atoms with Crippen molar-refractivity contribution in [1.82, 2.24) is 0 Å². The first-order valence-electron chi connectivity index (χ1n) is 4.54. The molecule has 14 heavy (non-hydrogen) atoms. The van der Waals surface area contributed by atoms with Crippen LogP contribution in [0, 0.1) is 0 Å². The Balaban J connectivity index is 2.28. The topological polar surface area (TPSA) is 12.4 Å². The van der Waals surface area contributed by atoms with Crippen LogP contribution in [-0.2, 0) is 0 Å². The van der Waals surface area contributed by atoms with Crippen LogP contribution >= 0.6 is 37.0 Å². The van der Waals surface area contributed by atoms with E-state index in [9.17, 15) is 0 Å². The van der Waals surface area contributed by atoms with Crippen LogP contribution in [-0.4, -0.2) is 4.83 Å². The monoisotopic (exact) mass is 363 g/mol. The molecule has 0 amide bonds. The van der Waals surface area contributed by atoms with E-state index in [1.54, 1.807) is 0 Å². The van der Waals surface area contributed by atoms with E-state index in [-0.39, 0.29) is 21.0 Å². The highest BCUT2D eigenvalue weighted by Crippen LogP contribution is 2.37. The molecule has 1 aromatic rings. The Kier molecular flexibility index (Phi) is 3.49. The predicted molar refractivity (Wildman–Crippen MR) is 73.5 cm³/mol. The molecule has 3 heteroatoms. The number of rotatable bonds is 2. The van der Waals surface area contributed by atoms with Gasteiger partial charge in [0.1, 0.15) is 0 Å². The minimum Gasteiger partial charge on any atom is -0.222 e. The number of allylic oxidation sites excluding steroid dienone is 1. The van der Waals surface area contributed by atoms with Gasteiger partial charge in [0.2, 0.25) is 0 Å². The van der Waals surface area contributed by atoms with Crippen molar-refractivity contribution >= 4 is 48.7 Å². The highest BCUT2D eigenvalue weighted by Gasteiger charge is 2.07. The van der Waals surface area contributed by atoms with Crippen molar-refractivity contribution in [2.24, 2.45) is 3.15 Å². The fourth-order valence-corrected chi connectivity index (χ4v) is 4.64. The largest absolute Gasteiger partial charge is 0.222 e. The SMILES string of the molecule is CC(Br)CC1=Cc2ccccc2N=I1. The lowest BCUT2D eigenvalue weighted by atomic mass is 10.1. The second-order valence-electron chi connectivity index (χ2n) is 3.30. The van der Waals surface area contributed by atoms with E-state index in [2.05, 4.69) is 56.3 Å². The number of halogens is 2. The van der Waals surface area contributed by atoms with E-state index in [1.165, 1.54) is 14.8 Å². The molecule has 1 heterocycles. The molecular weight excluding hydrogens is 353 g/mol. The molecule has 1 atom stereocenters. The highest BCUT2D eigenvalue weighted by atomic mass is 127. The van der Waals surface area contributed by atoms with E-state index in [0.29, 0.717) is 4.83 Å². The van der Waals surface area contributed by atoms with Crippen molar-refractivity contribution in [3.05, 3.63) is 33.4 Å². The summed E-state index contributed by atoms with van der Waals surface area (Å²) < 4.78 is 6.17. The fraction of sp³-hybridized carbons (Fsp3) is 0.273. The van der Waals surface area contributed by atoms with Gasteiger partial charge in [-0.2, -0.15) is 0 Å². The Morgan fingerprint density at radius 1 is 1.43 bits per heavy atom. The van der Waals surface area contributed by atoms with E-state index in [4.69, 9.17) is 0 Å². The van der Waals surface area contributed by atoms with Crippen LogP contribution in [0.3, 0.4) is 0 Å². The Hall–Kier alpha value is -0.0300. The molecule has 0 aliphatic carbocycles. The molecule has 1 unspecified atom stereocenters. The summed E-state index contributed by atoms with van der Waals surface area (Å²) in [5.74, 6) is 0. The quantitative estimate of drug-likeness (QED) is 0.518. The van der Waals surface area contributed by atoms with Crippen LogP contribution in [0.25, 0.3) is 6.08 Å². The molecule has 0 spiro atoms. The lowest BCUT2D eigenvalue weighted by Gasteiger charge is -2.09. The number of hydrogen-bond donors (Lipinski definition) is 0. The Labute approximate surface area is 103 Å². The van der Waals surface area contributed by atoms with E-state index < -0.39 is 0 Å². The zero-order valence-electron chi connectivity index (χ0n) is 7.87. The molecule has 1 nitrogen and oxygen atoms in total. The molecule has 0 aromatic heterocycles. The van der Waals surface area contributed by atoms with E-state index in [0.717, 1.165) is 6.42 Å². The second kappa shape index (κ2) is 4.66. The minimum atomic E-state index is -0.118. The fourth-order valence-electron chi connectivity index (χ4n) is 1.34. The van der Waals surface area contributed by atoms with Crippen LogP contribution in [0.5, 0.6) is 0 Å². The van der Waals surface area contributed by atoms with Crippen LogP contribution < -0.4 is 0 Å². The molecular formula is C11H11BrIN. The molecule has 2 rings (SSSR count). The van der Waals surface area contributed by atoms with Gasteiger partial charge in [0, 0.05) is 35.0 Å². The first kappa shape index (κ1) is 10.5. The number of alkyl halides is 1. The third-order valence-corrected chi connectivity index (χ3v) is 4.42. The van der Waals surface area contributed by atoms with Crippen molar-refractivity contribution in [2.75, 3.05) is 0 Å². The molecule has 0 bridgehead atoms. The molecule has 1 aliphatic rings. The molecule has 74 valence electrons. The summed E-state index contributed by atoms with van der Waals surface area (Å²) in [4.78, 5) is 0.564. The summed E-state index contributed by atoms with van der Waals surface area (Å²) in [7, 11) is 0.